The zero-order valence-electron chi connectivity index (χ0n) is 58.0. The number of nitrogens with two attached hydrogens (primary N) is 2. The Morgan fingerprint density at radius 3 is 1.74 bits per heavy atom. The van der Waals surface area contributed by atoms with E-state index in [1.54, 1.807) is 38.1 Å². The van der Waals surface area contributed by atoms with Crippen LogP contribution in [0.25, 0.3) is 0 Å². The quantitative estimate of drug-likeness (QED) is 0.0109. The lowest BCUT2D eigenvalue weighted by Crippen LogP contribution is -2.57. The second-order valence-corrected chi connectivity index (χ2v) is 26.8. The predicted molar refractivity (Wildman–Crippen MR) is 368 cm³/mol. The number of aliphatic imine (C=N–C) groups is 1. The summed E-state index contributed by atoms with van der Waals surface area (Å²) < 4.78 is 95.9. The molecular formula is C62H104N14O23S2. The number of hydrazone groups is 1. The Morgan fingerprint density at radius 1 is 0.604 bits per heavy atom. The molecule has 1 aromatic rings. The SMILES string of the molecule is CC(=O)CCC(=O)NCCOCCOCCOCCOCCC(=O)N[C@H](CCCCNC(=O)COC1CCCCCC(=NCCN(CC(=O)NCCS(=O)(=O)O)CC(=O)NCCS(=O)(=O)O)C1=NN)C(=O)N[C@H](C(=O)N[C@@H](CCCNC(N)=O)C(=O)Nc1ccc(COC(C)=O)cc1)C(C)C. The van der Waals surface area contributed by atoms with Crippen molar-refractivity contribution in [1.82, 2.24) is 47.4 Å². The van der Waals surface area contributed by atoms with Crippen molar-refractivity contribution < 1.29 is 107 Å². The maximum absolute atomic E-state index is 14.3. The molecule has 15 N–H and O–H groups in total. The topological polar surface area (TPSA) is 540 Å². The van der Waals surface area contributed by atoms with E-state index < -0.39 is 148 Å². The summed E-state index contributed by atoms with van der Waals surface area (Å²) in [4.78, 5) is 146. The largest absolute Gasteiger partial charge is 0.461 e. The van der Waals surface area contributed by atoms with Crippen LogP contribution >= 0.6 is 0 Å². The summed E-state index contributed by atoms with van der Waals surface area (Å²) >= 11 is 0. The fraction of sp³-hybridized carbons (Fsp3) is 0.694. The van der Waals surface area contributed by atoms with Gasteiger partial charge >= 0.3 is 12.0 Å². The van der Waals surface area contributed by atoms with Crippen LogP contribution in [-0.4, -0.2) is 261 Å². The fourth-order valence-electron chi connectivity index (χ4n) is 9.39. The van der Waals surface area contributed by atoms with Crippen LogP contribution in [0.2, 0.25) is 0 Å². The van der Waals surface area contributed by atoms with Gasteiger partial charge in [-0.05, 0) is 81.9 Å². The highest BCUT2D eigenvalue weighted by molar-refractivity contribution is 7.86. The predicted octanol–water partition coefficient (Wildman–Crippen LogP) is -2.11. The van der Waals surface area contributed by atoms with E-state index in [4.69, 9.17) is 49.1 Å². The number of esters is 1. The number of unbranched alkanes of at least 4 members (excludes halogenated alkanes) is 1. The van der Waals surface area contributed by atoms with E-state index in [0.717, 1.165) is 6.42 Å². The smallest absolute Gasteiger partial charge is 0.312 e. The van der Waals surface area contributed by atoms with Gasteiger partial charge in [0.1, 0.15) is 48.9 Å². The van der Waals surface area contributed by atoms with Gasteiger partial charge in [0.2, 0.25) is 47.3 Å². The number of carbonyl (C=O) groups is 11. The van der Waals surface area contributed by atoms with E-state index in [-0.39, 0.29) is 148 Å². The van der Waals surface area contributed by atoms with Gasteiger partial charge in [0.25, 0.3) is 20.2 Å². The molecule has 1 aliphatic carbocycles. The Hall–Kier alpha value is -7.89. The molecule has 0 radical (unpaired) electrons. The molecule has 1 unspecified atom stereocenters. The van der Waals surface area contributed by atoms with Gasteiger partial charge < -0.3 is 92.6 Å². The minimum Gasteiger partial charge on any atom is -0.461 e. The van der Waals surface area contributed by atoms with Crippen molar-refractivity contribution in [2.75, 3.05) is 135 Å². The average molecular weight is 1480 g/mol. The summed E-state index contributed by atoms with van der Waals surface area (Å²) in [5.74, 6) is -1.51. The van der Waals surface area contributed by atoms with Gasteiger partial charge in [0, 0.05) is 71.1 Å². The van der Waals surface area contributed by atoms with Crippen LogP contribution in [0.3, 0.4) is 0 Å². The van der Waals surface area contributed by atoms with Gasteiger partial charge in [-0.15, -0.1) is 0 Å². The van der Waals surface area contributed by atoms with E-state index in [1.165, 1.54) is 18.7 Å². The van der Waals surface area contributed by atoms with Crippen molar-refractivity contribution in [3.63, 3.8) is 0 Å². The molecule has 1 aromatic carbocycles. The van der Waals surface area contributed by atoms with E-state index in [9.17, 15) is 69.6 Å². The Balaban J connectivity index is 2.15. The third kappa shape index (κ3) is 45.6. The number of rotatable bonds is 53. The lowest BCUT2D eigenvalue weighted by molar-refractivity contribution is -0.142. The van der Waals surface area contributed by atoms with Gasteiger partial charge in [0.15, 0.2) is 0 Å². The number of hydrogen-bond donors (Lipinski definition) is 13. The Morgan fingerprint density at radius 2 is 1.17 bits per heavy atom. The summed E-state index contributed by atoms with van der Waals surface area (Å²) in [6.07, 6.45) is 3.11. The first-order chi connectivity index (χ1) is 47.9. The molecule has 1 saturated carbocycles. The van der Waals surface area contributed by atoms with Gasteiger partial charge in [-0.3, -0.25) is 62.1 Å². The molecule has 2 rings (SSSR count). The fourth-order valence-corrected chi connectivity index (χ4v) is 10.1. The van der Waals surface area contributed by atoms with Crippen LogP contribution in [-0.2, 0) is 103 Å². The zero-order valence-corrected chi connectivity index (χ0v) is 59.7. The highest BCUT2D eigenvalue weighted by Gasteiger charge is 2.32. The van der Waals surface area contributed by atoms with Crippen LogP contribution in [0.4, 0.5) is 10.5 Å². The molecule has 37 nitrogen and oxygen atoms in total. The zero-order chi connectivity index (χ0) is 75.0. The third-order valence-electron chi connectivity index (χ3n) is 14.6. The van der Waals surface area contributed by atoms with Crippen LogP contribution in [0, 0.1) is 5.92 Å². The third-order valence-corrected chi connectivity index (χ3v) is 16.1. The molecule has 10 amide bonds. The molecule has 0 aromatic heterocycles. The molecule has 0 spiro atoms. The van der Waals surface area contributed by atoms with Crippen molar-refractivity contribution in [2.45, 2.75) is 142 Å². The first-order valence-corrected chi connectivity index (χ1v) is 36.6. The first-order valence-electron chi connectivity index (χ1n) is 33.3. The molecule has 101 heavy (non-hydrogen) atoms. The van der Waals surface area contributed by atoms with E-state index in [1.807, 2.05) is 0 Å². The minimum atomic E-state index is -4.39. The Bertz CT molecular complexity index is 3020. The summed E-state index contributed by atoms with van der Waals surface area (Å²) in [6.45, 7) is 5.91. The normalized spacial score (nSPS) is 15.1. The molecule has 39 heteroatoms. The number of amides is 10. The van der Waals surface area contributed by atoms with Gasteiger partial charge in [-0.25, -0.2) is 4.79 Å². The monoisotopic (exact) mass is 1480 g/mol. The maximum Gasteiger partial charge on any atom is 0.312 e. The van der Waals surface area contributed by atoms with Crippen LogP contribution < -0.4 is 59.4 Å². The molecule has 0 aliphatic heterocycles. The van der Waals surface area contributed by atoms with Crippen molar-refractivity contribution in [1.29, 1.82) is 0 Å². The Kier molecular flexibility index (Phi) is 45.3. The number of ketones is 1. The number of nitrogens with one attached hydrogen (secondary N) is 9. The van der Waals surface area contributed by atoms with Gasteiger partial charge in [-0.2, -0.15) is 21.9 Å². The number of urea groups is 1. The summed E-state index contributed by atoms with van der Waals surface area (Å²) in [7, 11) is -8.78. The molecule has 0 heterocycles. The van der Waals surface area contributed by atoms with Gasteiger partial charge in [0.05, 0.1) is 89.7 Å². The van der Waals surface area contributed by atoms with Crippen LogP contribution in [0.1, 0.15) is 117 Å². The second-order valence-electron chi connectivity index (χ2n) is 23.6. The second kappa shape index (κ2) is 51.3. The lowest BCUT2D eigenvalue weighted by Gasteiger charge is -2.27. The summed E-state index contributed by atoms with van der Waals surface area (Å²) in [5, 5.41) is 27.5. The number of primary amides is 1. The summed E-state index contributed by atoms with van der Waals surface area (Å²) in [5.41, 5.74) is 6.95. The number of hydrogen-bond acceptors (Lipinski definition) is 25. The van der Waals surface area contributed by atoms with E-state index in [2.05, 4.69) is 57.9 Å². The standard InChI is InChI=1S/C62H104N14O23S2/c1-43(2)57(61(86)73-50(13-10-23-70-62(63)87)59(84)71-47-18-16-46(17-19-47)41-98-45(4)78)74-60(85)49(72-53(80)21-29-94-31-33-96-35-36-97-34-32-95-30-25-67-52(79)20-15-44(3)77)12-8-9-22-66-56(83)42-99-51-14-7-5-6-11-48(58(51)75-64)65-24-28-76(39-54(81)68-26-37-100(88,89)90)40-55(82)69-27-38-101(91,92)93/h16-19,43,49-51,57H,5-15,20-42,64H2,1-4H3,(H,66,83)(H,67,79)(H,68,81)(H,69,82)(H,71,84)(H,72,80)(H,73,86)(H,74,85)(H3,63,70,87)(H,88,89,90)(H,91,92,93)/t49-,50+,51?,57+/m1/s1. The van der Waals surface area contributed by atoms with Crippen molar-refractivity contribution in [2.24, 2.45) is 27.6 Å². The molecule has 0 bridgehead atoms. The van der Waals surface area contributed by atoms with Crippen LogP contribution in [0.5, 0.6) is 0 Å². The van der Waals surface area contributed by atoms with Crippen LogP contribution in [0.15, 0.2) is 34.4 Å². The van der Waals surface area contributed by atoms with Crippen molar-refractivity contribution in [3.05, 3.63) is 29.8 Å². The summed E-state index contributed by atoms with van der Waals surface area (Å²) in [6, 6.07) is 2.01. The van der Waals surface area contributed by atoms with Crippen molar-refractivity contribution in [3.8, 4) is 0 Å². The highest BCUT2D eigenvalue weighted by Crippen LogP contribution is 2.18. The number of anilines is 1. The first kappa shape index (κ1) is 89.2. The molecule has 1 aliphatic rings. The number of carbonyl (C=O) groups excluding carboxylic acids is 11. The lowest BCUT2D eigenvalue weighted by atomic mass is 9.95. The van der Waals surface area contributed by atoms with Gasteiger partial charge in [-0.1, -0.05) is 38.8 Å². The number of Topliss-reactive ketones (excluding diaryl/α,β-unsaturated/α-hetero) is 1. The maximum atomic E-state index is 14.3. The molecule has 4 atom stereocenters. The number of benzene rings is 1. The van der Waals surface area contributed by atoms with E-state index >= 15 is 0 Å². The van der Waals surface area contributed by atoms with Crippen molar-refractivity contribution >= 4 is 102 Å². The minimum absolute atomic E-state index is 0.00776. The molecular weight excluding hydrogens is 1370 g/mol. The molecule has 572 valence electrons. The average Bonchev–Trinajstić information content (AvgIpc) is 0.866. The number of nitrogens with zero attached hydrogens (tertiary/aromatic N) is 3. The van der Waals surface area contributed by atoms with E-state index in [0.29, 0.717) is 55.6 Å². The highest BCUT2D eigenvalue weighted by atomic mass is 32.2. The number of ether oxygens (including phenoxy) is 6. The molecule has 1 fully saturated rings. The Labute approximate surface area is 589 Å². The molecule has 0 saturated heterocycles.